The minimum absolute atomic E-state index is 0.324. The van der Waals surface area contributed by atoms with Gasteiger partial charge in [-0.2, -0.15) is 0 Å². The summed E-state index contributed by atoms with van der Waals surface area (Å²) in [6.45, 7) is 1.23. The summed E-state index contributed by atoms with van der Waals surface area (Å²) in [6.07, 6.45) is 4.55. The van der Waals surface area contributed by atoms with Gasteiger partial charge in [0.15, 0.2) is 6.29 Å². The van der Waals surface area contributed by atoms with Crippen molar-refractivity contribution in [3.63, 3.8) is 0 Å². The van der Waals surface area contributed by atoms with Gasteiger partial charge in [0.1, 0.15) is 30.5 Å². The molecule has 10 nitrogen and oxygen atoms in total. The van der Waals surface area contributed by atoms with Crippen LogP contribution in [0.1, 0.15) is 101 Å². The van der Waals surface area contributed by atoms with E-state index >= 15 is 0 Å². The van der Waals surface area contributed by atoms with Crippen LogP contribution in [0.4, 0.5) is 0 Å². The number of unbranched alkanes of at least 4 members (excludes halogenated alkanes) is 11. The van der Waals surface area contributed by atoms with Gasteiger partial charge >= 0.3 is 0 Å². The van der Waals surface area contributed by atoms with Crippen LogP contribution in [0.2, 0.25) is 0 Å². The lowest BCUT2D eigenvalue weighted by Crippen LogP contribution is -2.60. The summed E-state index contributed by atoms with van der Waals surface area (Å²) in [7, 11) is 0. The molecule has 0 spiro atoms. The zero-order chi connectivity index (χ0) is 30.9. The van der Waals surface area contributed by atoms with E-state index in [-0.39, 0.29) is 6.61 Å². The van der Waals surface area contributed by atoms with Gasteiger partial charge in [0.25, 0.3) is 5.91 Å². The Morgan fingerprint density at radius 3 is 2.10 bits per heavy atom. The van der Waals surface area contributed by atoms with E-state index in [0.29, 0.717) is 16.5 Å². The second kappa shape index (κ2) is 20.7. The summed E-state index contributed by atoms with van der Waals surface area (Å²) in [4.78, 5) is 12.9. The maximum Gasteiger partial charge on any atom is 0.251 e. The molecule has 0 radical (unpaired) electrons. The maximum absolute atomic E-state index is 12.9. The minimum atomic E-state index is -1.63. The van der Waals surface area contributed by atoms with E-state index < -0.39 is 61.5 Å². The first-order chi connectivity index (χ1) is 20.2. The molecule has 0 bridgehead atoms. The lowest BCUT2D eigenvalue weighted by Gasteiger charge is -2.40. The monoisotopic (exact) mass is 661 g/mol. The second-order valence-corrected chi connectivity index (χ2v) is 12.3. The molecule has 2 rings (SSSR count). The van der Waals surface area contributed by atoms with Gasteiger partial charge in [0, 0.05) is 10.0 Å². The molecule has 1 amide bonds. The van der Waals surface area contributed by atoms with Gasteiger partial charge in [-0.1, -0.05) is 106 Å². The third-order valence-corrected chi connectivity index (χ3v) is 8.34. The highest BCUT2D eigenvalue weighted by Crippen LogP contribution is 2.23. The summed E-state index contributed by atoms with van der Waals surface area (Å²) in [5.74, 6) is -0.504. The van der Waals surface area contributed by atoms with Crippen LogP contribution in [-0.2, 0) is 9.47 Å². The van der Waals surface area contributed by atoms with E-state index in [9.17, 15) is 35.4 Å². The van der Waals surface area contributed by atoms with Crippen molar-refractivity contribution in [2.45, 2.75) is 139 Å². The number of halogens is 1. The van der Waals surface area contributed by atoms with Gasteiger partial charge in [0.2, 0.25) is 0 Å². The fourth-order valence-electron chi connectivity index (χ4n) is 5.14. The van der Waals surface area contributed by atoms with Crippen molar-refractivity contribution in [3.05, 3.63) is 34.3 Å². The summed E-state index contributed by atoms with van der Waals surface area (Å²) in [5, 5.41) is 64.3. The number of carbonyl (C=O) groups is 1. The number of amides is 1. The summed E-state index contributed by atoms with van der Waals surface area (Å²) >= 11 is 3.33. The molecule has 11 heteroatoms. The van der Waals surface area contributed by atoms with Crippen molar-refractivity contribution < 1.29 is 44.9 Å². The van der Waals surface area contributed by atoms with Crippen LogP contribution in [0.3, 0.4) is 0 Å². The largest absolute Gasteiger partial charge is 0.394 e. The van der Waals surface area contributed by atoms with Crippen LogP contribution in [0.25, 0.3) is 0 Å². The van der Waals surface area contributed by atoms with Gasteiger partial charge in [-0.25, -0.2) is 0 Å². The number of nitrogens with one attached hydrogen (secondary N) is 1. The normalized spacial score (nSPS) is 24.7. The van der Waals surface area contributed by atoms with Crippen LogP contribution >= 0.6 is 15.9 Å². The Morgan fingerprint density at radius 1 is 0.929 bits per heavy atom. The number of hydrogen-bond acceptors (Lipinski definition) is 9. The number of benzene rings is 1. The van der Waals surface area contributed by atoms with E-state index in [2.05, 4.69) is 28.2 Å². The highest BCUT2D eigenvalue weighted by Gasteiger charge is 2.44. The van der Waals surface area contributed by atoms with E-state index in [1.165, 1.54) is 51.4 Å². The molecule has 242 valence electrons. The molecule has 1 aromatic rings. The molecule has 1 aliphatic heterocycles. The van der Waals surface area contributed by atoms with Crippen molar-refractivity contribution in [1.29, 1.82) is 0 Å². The molecular weight excluding hydrogens is 610 g/mol. The molecule has 0 aromatic heterocycles. The molecule has 1 fully saturated rings. The van der Waals surface area contributed by atoms with Crippen LogP contribution in [-0.4, -0.2) is 98.7 Å². The predicted molar refractivity (Wildman–Crippen MR) is 163 cm³/mol. The number of carbonyl (C=O) groups excluding carboxylic acids is 1. The molecule has 0 aliphatic carbocycles. The van der Waals surface area contributed by atoms with E-state index in [1.54, 1.807) is 24.3 Å². The highest BCUT2D eigenvalue weighted by molar-refractivity contribution is 9.10. The van der Waals surface area contributed by atoms with Gasteiger partial charge in [-0.05, 0) is 24.6 Å². The zero-order valence-corrected chi connectivity index (χ0v) is 26.4. The minimum Gasteiger partial charge on any atom is -0.394 e. The molecule has 0 unspecified atom stereocenters. The second-order valence-electron chi connectivity index (χ2n) is 11.4. The Hall–Kier alpha value is -1.15. The van der Waals surface area contributed by atoms with Gasteiger partial charge in [-0.3, -0.25) is 4.79 Å². The molecule has 0 saturated carbocycles. The van der Waals surface area contributed by atoms with Crippen LogP contribution in [0, 0.1) is 0 Å². The first kappa shape index (κ1) is 37.0. The average molecular weight is 663 g/mol. The number of hydrogen-bond donors (Lipinski definition) is 7. The van der Waals surface area contributed by atoms with E-state index in [1.807, 2.05) is 0 Å². The molecule has 42 heavy (non-hydrogen) atoms. The predicted octanol–water partition coefficient (Wildman–Crippen LogP) is 3.18. The summed E-state index contributed by atoms with van der Waals surface area (Å²) in [5.41, 5.74) is 0.324. The van der Waals surface area contributed by atoms with E-state index in [0.717, 1.165) is 25.7 Å². The van der Waals surface area contributed by atoms with Crippen molar-refractivity contribution in [3.8, 4) is 0 Å². The lowest BCUT2D eigenvalue weighted by atomic mass is 9.98. The first-order valence-corrected chi connectivity index (χ1v) is 16.3. The Balaban J connectivity index is 1.86. The molecular formula is C31H52BrNO9. The zero-order valence-electron chi connectivity index (χ0n) is 24.8. The van der Waals surface area contributed by atoms with Crippen LogP contribution in [0.15, 0.2) is 28.7 Å². The maximum atomic E-state index is 12.9. The molecule has 1 aromatic carbocycles. The number of aliphatic hydroxyl groups is 6. The van der Waals surface area contributed by atoms with Crippen LogP contribution in [0.5, 0.6) is 0 Å². The Morgan fingerprint density at radius 2 is 1.52 bits per heavy atom. The van der Waals surface area contributed by atoms with Crippen LogP contribution < -0.4 is 5.32 Å². The molecule has 8 atom stereocenters. The molecule has 1 heterocycles. The third-order valence-electron chi connectivity index (χ3n) is 7.85. The van der Waals surface area contributed by atoms with Crippen molar-refractivity contribution in [1.82, 2.24) is 5.32 Å². The van der Waals surface area contributed by atoms with Crippen molar-refractivity contribution in [2.24, 2.45) is 0 Å². The Labute approximate surface area is 258 Å². The SMILES string of the molecule is CCCCCCCCCCCCCC[C@@H](O)[C@@H](O)[C@H](CO[C@H]1O[C@H](CO)[C@H](O)[C@H](O)[C@H]1O)NC(=O)c1cccc(Br)c1. The molecule has 1 saturated heterocycles. The molecule has 7 N–H and O–H groups in total. The Bertz CT molecular complexity index is 877. The van der Waals surface area contributed by atoms with Gasteiger partial charge < -0.3 is 45.4 Å². The Kier molecular flexibility index (Phi) is 18.3. The topological polar surface area (TPSA) is 169 Å². The number of aliphatic hydroxyl groups excluding tert-OH is 6. The first-order valence-electron chi connectivity index (χ1n) is 15.5. The van der Waals surface area contributed by atoms with Gasteiger partial charge in [0.05, 0.1) is 25.4 Å². The van der Waals surface area contributed by atoms with Crippen molar-refractivity contribution >= 4 is 21.8 Å². The number of ether oxygens (including phenoxy) is 2. The average Bonchev–Trinajstić information content (AvgIpc) is 2.98. The third kappa shape index (κ3) is 12.8. The van der Waals surface area contributed by atoms with Crippen molar-refractivity contribution in [2.75, 3.05) is 13.2 Å². The lowest BCUT2D eigenvalue weighted by molar-refractivity contribution is -0.303. The summed E-state index contributed by atoms with van der Waals surface area (Å²) < 4.78 is 11.7. The standard InChI is InChI=1S/C31H52BrNO9/c1-2-3-4-5-6-7-8-9-10-11-12-13-17-24(35)26(36)23(33-30(40)21-15-14-16-22(32)18-21)20-41-31-29(39)28(38)27(37)25(19-34)42-31/h14-16,18,23-29,31,34-39H,2-13,17,19-20H2,1H3,(H,33,40)/t23-,24+,25+,26-,27-,28-,29+,31-/m0/s1. The fraction of sp³-hybridized carbons (Fsp3) is 0.774. The smallest absolute Gasteiger partial charge is 0.251 e. The summed E-state index contributed by atoms with van der Waals surface area (Å²) in [6, 6.07) is 5.59. The number of rotatable bonds is 21. The van der Waals surface area contributed by atoms with Gasteiger partial charge in [-0.15, -0.1) is 0 Å². The molecule has 1 aliphatic rings. The quantitative estimate of drug-likeness (QED) is 0.0978. The fourth-order valence-corrected chi connectivity index (χ4v) is 5.54. The van der Waals surface area contributed by atoms with E-state index in [4.69, 9.17) is 9.47 Å². The highest BCUT2D eigenvalue weighted by atomic mass is 79.9.